The van der Waals surface area contributed by atoms with Gasteiger partial charge < -0.3 is 16.9 Å². The summed E-state index contributed by atoms with van der Waals surface area (Å²) >= 11 is 9.86. The molecular formula is C8H13ClN4S. The van der Waals surface area contributed by atoms with Gasteiger partial charge in [0.05, 0.1) is 16.2 Å². The molecule has 0 saturated heterocycles. The molecule has 0 fully saturated rings. The van der Waals surface area contributed by atoms with Crippen LogP contribution in [0.3, 0.4) is 0 Å². The van der Waals surface area contributed by atoms with Gasteiger partial charge in [0.25, 0.3) is 0 Å². The van der Waals surface area contributed by atoms with Crippen molar-refractivity contribution in [3.63, 3.8) is 0 Å². The molecule has 0 atom stereocenters. The summed E-state index contributed by atoms with van der Waals surface area (Å²) in [6, 6.07) is 5.47. The first kappa shape index (κ1) is 13.1. The van der Waals surface area contributed by atoms with Gasteiger partial charge in [0, 0.05) is 6.54 Å². The van der Waals surface area contributed by atoms with Crippen LogP contribution in [0.15, 0.2) is 18.2 Å². The van der Waals surface area contributed by atoms with Crippen LogP contribution in [0.1, 0.15) is 5.56 Å². The fourth-order valence-corrected chi connectivity index (χ4v) is 1.15. The molecule has 1 rings (SSSR count). The number of hydrogen-bond donors (Lipinski definition) is 4. The van der Waals surface area contributed by atoms with Gasteiger partial charge in [-0.1, -0.05) is 36.0 Å². The quantitative estimate of drug-likeness (QED) is 0.347. The van der Waals surface area contributed by atoms with Gasteiger partial charge in [-0.05, 0) is 11.6 Å². The fourth-order valence-electron chi connectivity index (χ4n) is 0.901. The van der Waals surface area contributed by atoms with E-state index in [2.05, 4.69) is 23.4 Å². The SMILES string of the molecule is NC=S.NCc1cccc(Cl)c1NN. The van der Waals surface area contributed by atoms with Crippen molar-refractivity contribution in [2.24, 2.45) is 17.3 Å². The standard InChI is InChI=1S/C7H10ClN3.CH3NS/c8-6-3-1-2-5(4-9)7(6)11-10;2-1-3/h1-3,11H,4,9-10H2;1H,(H2,2,3). The lowest BCUT2D eigenvalue weighted by atomic mass is 10.2. The molecule has 7 N–H and O–H groups in total. The smallest absolute Gasteiger partial charge is 0.0717 e. The summed E-state index contributed by atoms with van der Waals surface area (Å²) < 4.78 is 0. The summed E-state index contributed by atoms with van der Waals surface area (Å²) in [6.07, 6.45) is 0. The zero-order valence-corrected chi connectivity index (χ0v) is 9.11. The van der Waals surface area contributed by atoms with Crippen LogP contribution in [0.4, 0.5) is 5.69 Å². The van der Waals surface area contributed by atoms with Crippen LogP contribution < -0.4 is 22.7 Å². The third-order valence-corrected chi connectivity index (χ3v) is 1.78. The molecule has 0 aliphatic carbocycles. The van der Waals surface area contributed by atoms with Crippen LogP contribution in [-0.4, -0.2) is 5.49 Å². The van der Waals surface area contributed by atoms with Crippen LogP contribution >= 0.6 is 23.8 Å². The Morgan fingerprint density at radius 1 is 1.50 bits per heavy atom. The van der Waals surface area contributed by atoms with E-state index in [1.54, 1.807) is 6.07 Å². The molecule has 0 aromatic heterocycles. The Bertz CT molecular complexity index is 293. The molecule has 0 unspecified atom stereocenters. The van der Waals surface area contributed by atoms with Crippen LogP contribution in [0.5, 0.6) is 0 Å². The Balaban J connectivity index is 0.000000500. The summed E-state index contributed by atoms with van der Waals surface area (Å²) in [5.41, 5.74) is 15.2. The van der Waals surface area contributed by atoms with Crippen molar-refractivity contribution in [2.45, 2.75) is 6.54 Å². The molecule has 1 aromatic rings. The fraction of sp³-hybridized carbons (Fsp3) is 0.125. The first-order valence-corrected chi connectivity index (χ1v) is 4.65. The van der Waals surface area contributed by atoms with E-state index in [-0.39, 0.29) is 0 Å². The number of rotatable bonds is 2. The summed E-state index contributed by atoms with van der Waals surface area (Å²) in [4.78, 5) is 0. The molecule has 0 amide bonds. The lowest BCUT2D eigenvalue weighted by Gasteiger charge is -2.07. The summed E-state index contributed by atoms with van der Waals surface area (Å²) in [6.45, 7) is 0.431. The molecular weight excluding hydrogens is 220 g/mol. The molecule has 0 heterocycles. The van der Waals surface area contributed by atoms with Crippen molar-refractivity contribution >= 4 is 35.0 Å². The Hall–Kier alpha value is -0.880. The van der Waals surface area contributed by atoms with E-state index in [1.807, 2.05) is 12.1 Å². The molecule has 14 heavy (non-hydrogen) atoms. The van der Waals surface area contributed by atoms with E-state index >= 15 is 0 Å². The number of hydrazine groups is 1. The Morgan fingerprint density at radius 2 is 2.07 bits per heavy atom. The molecule has 0 radical (unpaired) electrons. The second-order valence-corrected chi connectivity index (χ2v) is 2.94. The van der Waals surface area contributed by atoms with E-state index in [4.69, 9.17) is 23.2 Å². The van der Waals surface area contributed by atoms with Crippen LogP contribution in [0.2, 0.25) is 5.02 Å². The van der Waals surface area contributed by atoms with E-state index in [9.17, 15) is 0 Å². The van der Waals surface area contributed by atoms with E-state index < -0.39 is 0 Å². The first-order chi connectivity index (χ1) is 6.71. The van der Waals surface area contributed by atoms with Crippen molar-refractivity contribution in [3.05, 3.63) is 28.8 Å². The Kier molecular flexibility index (Phi) is 7.04. The van der Waals surface area contributed by atoms with Gasteiger partial charge in [-0.15, -0.1) is 0 Å². The first-order valence-electron chi connectivity index (χ1n) is 3.80. The zero-order valence-electron chi connectivity index (χ0n) is 7.53. The average molecular weight is 233 g/mol. The predicted molar refractivity (Wildman–Crippen MR) is 65.0 cm³/mol. The van der Waals surface area contributed by atoms with Crippen molar-refractivity contribution in [1.82, 2.24) is 0 Å². The molecule has 6 heteroatoms. The van der Waals surface area contributed by atoms with Gasteiger partial charge in [0.15, 0.2) is 0 Å². The monoisotopic (exact) mass is 232 g/mol. The number of thiocarbonyl (C=S) groups is 1. The van der Waals surface area contributed by atoms with Crippen molar-refractivity contribution in [3.8, 4) is 0 Å². The highest BCUT2D eigenvalue weighted by Gasteiger charge is 2.01. The minimum Gasteiger partial charge on any atom is -0.396 e. The van der Waals surface area contributed by atoms with Crippen LogP contribution in [0.25, 0.3) is 0 Å². The molecule has 4 nitrogen and oxygen atoms in total. The number of nitrogen functional groups attached to an aromatic ring is 1. The van der Waals surface area contributed by atoms with Gasteiger partial charge in [-0.2, -0.15) is 0 Å². The summed E-state index contributed by atoms with van der Waals surface area (Å²) in [5.74, 6) is 5.24. The largest absolute Gasteiger partial charge is 0.396 e. The second-order valence-electron chi connectivity index (χ2n) is 2.26. The number of halogens is 1. The van der Waals surface area contributed by atoms with Gasteiger partial charge in [-0.3, -0.25) is 5.84 Å². The summed E-state index contributed by atoms with van der Waals surface area (Å²) in [7, 11) is 0. The number of nitrogens with one attached hydrogen (secondary N) is 1. The molecule has 0 aliphatic heterocycles. The highest BCUT2D eigenvalue weighted by molar-refractivity contribution is 7.78. The van der Waals surface area contributed by atoms with Crippen molar-refractivity contribution < 1.29 is 0 Å². The number of benzene rings is 1. The molecule has 0 bridgehead atoms. The van der Waals surface area contributed by atoms with Gasteiger partial charge in [-0.25, -0.2) is 0 Å². The molecule has 1 aromatic carbocycles. The average Bonchev–Trinajstić information content (AvgIpc) is 2.18. The van der Waals surface area contributed by atoms with Crippen molar-refractivity contribution in [2.75, 3.05) is 5.43 Å². The maximum atomic E-state index is 5.81. The molecule has 0 aliphatic rings. The highest BCUT2D eigenvalue weighted by atomic mass is 35.5. The molecule has 0 saturated carbocycles. The second kappa shape index (κ2) is 7.52. The highest BCUT2D eigenvalue weighted by Crippen LogP contribution is 2.24. The van der Waals surface area contributed by atoms with Crippen LogP contribution in [0, 0.1) is 0 Å². The summed E-state index contributed by atoms with van der Waals surface area (Å²) in [5, 5.41) is 0.593. The lowest BCUT2D eigenvalue weighted by molar-refractivity contribution is 1.07. The number of nitrogens with two attached hydrogens (primary N) is 3. The maximum absolute atomic E-state index is 5.81. The number of hydrogen-bond acceptors (Lipinski definition) is 4. The van der Waals surface area contributed by atoms with E-state index in [0.29, 0.717) is 17.3 Å². The minimum absolute atomic E-state index is 0.431. The van der Waals surface area contributed by atoms with E-state index in [0.717, 1.165) is 11.1 Å². The number of para-hydroxylation sites is 1. The lowest BCUT2D eigenvalue weighted by Crippen LogP contribution is -2.11. The van der Waals surface area contributed by atoms with Gasteiger partial charge in [0.1, 0.15) is 0 Å². The van der Waals surface area contributed by atoms with Gasteiger partial charge in [0.2, 0.25) is 0 Å². The van der Waals surface area contributed by atoms with E-state index in [1.165, 1.54) is 0 Å². The topological polar surface area (TPSA) is 90.1 Å². The van der Waals surface area contributed by atoms with Crippen LogP contribution in [-0.2, 0) is 6.54 Å². The Morgan fingerprint density at radius 3 is 2.43 bits per heavy atom. The third kappa shape index (κ3) is 3.89. The van der Waals surface area contributed by atoms with Crippen molar-refractivity contribution in [1.29, 1.82) is 0 Å². The molecule has 0 spiro atoms. The number of anilines is 1. The Labute approximate surface area is 93.4 Å². The predicted octanol–water partition coefficient (Wildman–Crippen LogP) is 0.987. The molecule has 78 valence electrons. The maximum Gasteiger partial charge on any atom is 0.0717 e. The third-order valence-electron chi connectivity index (χ3n) is 1.46. The minimum atomic E-state index is 0.431. The zero-order chi connectivity index (χ0) is 11.0. The normalized spacial score (nSPS) is 8.50. The van der Waals surface area contributed by atoms with Gasteiger partial charge >= 0.3 is 0 Å².